The van der Waals surface area contributed by atoms with Gasteiger partial charge in [-0.25, -0.2) is 0 Å². The first kappa shape index (κ1) is 13.7. The van der Waals surface area contributed by atoms with Crippen LogP contribution in [0.5, 0.6) is 0 Å². The summed E-state index contributed by atoms with van der Waals surface area (Å²) in [5.41, 5.74) is 2.26. The number of carbonyl (C=O) groups excluding carboxylic acids is 1. The minimum Gasteiger partial charge on any atom is -0.293 e. The number of Topliss-reactive ketones (excluding diaryl/α,β-unsaturated/α-hetero) is 1. The maximum Gasteiger partial charge on any atom is 0.172 e. The van der Waals surface area contributed by atoms with E-state index in [0.29, 0.717) is 5.75 Å². The molecule has 0 N–H and O–H groups in total. The molecule has 2 rings (SSSR count). The second-order valence-corrected chi connectivity index (χ2v) is 7.88. The molecule has 2 heteroatoms. The van der Waals surface area contributed by atoms with Gasteiger partial charge in [-0.1, -0.05) is 51.5 Å². The molecule has 0 aliphatic heterocycles. The third kappa shape index (κ3) is 3.61. The largest absolute Gasteiger partial charge is 0.293 e. The van der Waals surface area contributed by atoms with E-state index in [-0.39, 0.29) is 10.5 Å². The summed E-state index contributed by atoms with van der Waals surface area (Å²) in [5.74, 6) is 1.57. The summed E-state index contributed by atoms with van der Waals surface area (Å²) in [4.78, 5) is 12.0. The van der Waals surface area contributed by atoms with Gasteiger partial charge in [0.05, 0.1) is 5.75 Å². The van der Waals surface area contributed by atoms with Crippen molar-refractivity contribution in [1.82, 2.24) is 0 Å². The van der Waals surface area contributed by atoms with E-state index in [1.807, 2.05) is 12.1 Å². The van der Waals surface area contributed by atoms with Gasteiger partial charge in [0.15, 0.2) is 5.78 Å². The van der Waals surface area contributed by atoms with Crippen molar-refractivity contribution in [2.45, 2.75) is 50.7 Å². The van der Waals surface area contributed by atoms with Crippen molar-refractivity contribution >= 4 is 17.5 Å². The third-order valence-corrected chi connectivity index (χ3v) is 4.72. The van der Waals surface area contributed by atoms with E-state index in [1.54, 1.807) is 11.8 Å². The molecule has 0 saturated heterocycles. The van der Waals surface area contributed by atoms with E-state index in [1.165, 1.54) is 24.8 Å². The number of carbonyl (C=O) groups is 1. The monoisotopic (exact) mass is 262 g/mol. The highest BCUT2D eigenvalue weighted by atomic mass is 32.2. The Kier molecular flexibility index (Phi) is 4.16. The highest BCUT2D eigenvalue weighted by molar-refractivity contribution is 8.01. The lowest BCUT2D eigenvalue weighted by molar-refractivity contribution is 0.102. The molecule has 1 fully saturated rings. The molecule has 1 aliphatic rings. The molecule has 0 bridgehead atoms. The van der Waals surface area contributed by atoms with Crippen LogP contribution in [0, 0.1) is 0 Å². The maximum absolute atomic E-state index is 12.0. The molecular formula is C16H22OS. The summed E-state index contributed by atoms with van der Waals surface area (Å²) in [6, 6.07) is 8.27. The molecule has 1 aliphatic carbocycles. The lowest BCUT2D eigenvalue weighted by Crippen LogP contribution is -2.13. The number of rotatable bonds is 4. The van der Waals surface area contributed by atoms with Crippen LogP contribution >= 0.6 is 11.8 Å². The molecule has 0 atom stereocenters. The van der Waals surface area contributed by atoms with E-state index in [2.05, 4.69) is 32.9 Å². The molecule has 0 spiro atoms. The molecule has 98 valence electrons. The fourth-order valence-electron chi connectivity index (χ4n) is 2.05. The SMILES string of the molecule is CC(C)(C)SCC(=O)c1ccc(C2CCC2)cc1. The van der Waals surface area contributed by atoms with Crippen LogP contribution in [0.4, 0.5) is 0 Å². The first-order chi connectivity index (χ1) is 8.46. The summed E-state index contributed by atoms with van der Waals surface area (Å²) < 4.78 is 0.154. The Balaban J connectivity index is 1.94. The zero-order chi connectivity index (χ0) is 13.2. The average Bonchev–Trinajstić information content (AvgIpc) is 2.23. The highest BCUT2D eigenvalue weighted by Gasteiger charge is 2.20. The van der Waals surface area contributed by atoms with Crippen LogP contribution in [0.1, 0.15) is 61.9 Å². The van der Waals surface area contributed by atoms with Crippen molar-refractivity contribution in [2.24, 2.45) is 0 Å². The minimum absolute atomic E-state index is 0.154. The molecule has 0 unspecified atom stereocenters. The van der Waals surface area contributed by atoms with Crippen LogP contribution in [-0.2, 0) is 0 Å². The molecule has 1 saturated carbocycles. The fraction of sp³-hybridized carbons (Fsp3) is 0.562. The fourth-order valence-corrected chi connectivity index (χ4v) is 2.78. The first-order valence-electron chi connectivity index (χ1n) is 6.73. The smallest absolute Gasteiger partial charge is 0.172 e. The van der Waals surface area contributed by atoms with Crippen LogP contribution < -0.4 is 0 Å². The predicted octanol–water partition coefficient (Wildman–Crippen LogP) is 4.67. The van der Waals surface area contributed by atoms with Crippen LogP contribution in [0.15, 0.2) is 24.3 Å². The third-order valence-electron chi connectivity index (χ3n) is 3.45. The highest BCUT2D eigenvalue weighted by Crippen LogP contribution is 2.36. The van der Waals surface area contributed by atoms with Gasteiger partial charge in [-0.2, -0.15) is 0 Å². The molecule has 1 aromatic rings. The van der Waals surface area contributed by atoms with E-state index >= 15 is 0 Å². The van der Waals surface area contributed by atoms with Crippen molar-refractivity contribution in [2.75, 3.05) is 5.75 Å². The summed E-state index contributed by atoms with van der Waals surface area (Å²) in [7, 11) is 0. The molecular weight excluding hydrogens is 240 g/mol. The second-order valence-electron chi connectivity index (χ2n) is 6.07. The standard InChI is InChI=1S/C16H22OS/c1-16(2,3)18-11-15(17)14-9-7-13(8-10-14)12-5-4-6-12/h7-10,12H,4-6,11H2,1-3H3. The molecule has 1 aromatic carbocycles. The predicted molar refractivity (Wildman–Crippen MR) is 79.6 cm³/mol. The normalized spacial score (nSPS) is 16.4. The maximum atomic E-state index is 12.0. The van der Waals surface area contributed by atoms with Gasteiger partial charge >= 0.3 is 0 Å². The number of ketones is 1. The Bertz CT molecular complexity index is 410. The van der Waals surface area contributed by atoms with E-state index in [4.69, 9.17) is 0 Å². The van der Waals surface area contributed by atoms with Crippen LogP contribution in [0.2, 0.25) is 0 Å². The molecule has 18 heavy (non-hydrogen) atoms. The van der Waals surface area contributed by atoms with Gasteiger partial charge in [0, 0.05) is 10.3 Å². The van der Waals surface area contributed by atoms with Gasteiger partial charge in [0.25, 0.3) is 0 Å². The Morgan fingerprint density at radius 1 is 1.22 bits per heavy atom. The Hall–Kier alpha value is -0.760. The summed E-state index contributed by atoms with van der Waals surface area (Å²) in [6.07, 6.45) is 3.98. The molecule has 1 nitrogen and oxygen atoms in total. The number of thioether (sulfide) groups is 1. The van der Waals surface area contributed by atoms with Gasteiger partial charge in [-0.05, 0) is 24.3 Å². The topological polar surface area (TPSA) is 17.1 Å². The number of hydrogen-bond acceptors (Lipinski definition) is 2. The Labute approximate surface area is 114 Å². The van der Waals surface area contributed by atoms with Crippen LogP contribution in [0.25, 0.3) is 0 Å². The van der Waals surface area contributed by atoms with E-state index in [0.717, 1.165) is 11.5 Å². The minimum atomic E-state index is 0.154. The van der Waals surface area contributed by atoms with E-state index in [9.17, 15) is 4.79 Å². The van der Waals surface area contributed by atoms with Gasteiger partial charge in [0.1, 0.15) is 0 Å². The van der Waals surface area contributed by atoms with Crippen molar-refractivity contribution in [3.8, 4) is 0 Å². The summed E-state index contributed by atoms with van der Waals surface area (Å²) >= 11 is 1.71. The second kappa shape index (κ2) is 5.48. The van der Waals surface area contributed by atoms with Crippen molar-refractivity contribution < 1.29 is 4.79 Å². The molecule has 0 radical (unpaired) electrons. The van der Waals surface area contributed by atoms with Crippen LogP contribution in [-0.4, -0.2) is 16.3 Å². The Morgan fingerprint density at radius 3 is 2.28 bits per heavy atom. The lowest BCUT2D eigenvalue weighted by atomic mass is 9.80. The molecule has 0 aromatic heterocycles. The first-order valence-corrected chi connectivity index (χ1v) is 7.71. The number of hydrogen-bond donors (Lipinski definition) is 0. The quantitative estimate of drug-likeness (QED) is 0.734. The zero-order valence-corrected chi connectivity index (χ0v) is 12.3. The van der Waals surface area contributed by atoms with Crippen LogP contribution in [0.3, 0.4) is 0 Å². The Morgan fingerprint density at radius 2 is 1.83 bits per heavy atom. The summed E-state index contributed by atoms with van der Waals surface area (Å²) in [5, 5.41) is 0. The van der Waals surface area contributed by atoms with Gasteiger partial charge in [0.2, 0.25) is 0 Å². The van der Waals surface area contributed by atoms with Gasteiger partial charge in [-0.15, -0.1) is 11.8 Å². The average molecular weight is 262 g/mol. The van der Waals surface area contributed by atoms with Gasteiger partial charge in [-0.3, -0.25) is 4.79 Å². The van der Waals surface area contributed by atoms with Crippen molar-refractivity contribution in [3.05, 3.63) is 35.4 Å². The lowest BCUT2D eigenvalue weighted by Gasteiger charge is -2.25. The zero-order valence-electron chi connectivity index (χ0n) is 11.5. The summed E-state index contributed by atoms with van der Waals surface area (Å²) in [6.45, 7) is 6.43. The van der Waals surface area contributed by atoms with Crippen molar-refractivity contribution in [1.29, 1.82) is 0 Å². The van der Waals surface area contributed by atoms with Gasteiger partial charge < -0.3 is 0 Å². The van der Waals surface area contributed by atoms with Crippen molar-refractivity contribution in [3.63, 3.8) is 0 Å². The number of benzene rings is 1. The molecule has 0 amide bonds. The molecule has 0 heterocycles. The van der Waals surface area contributed by atoms with E-state index < -0.39 is 0 Å².